The lowest BCUT2D eigenvalue weighted by molar-refractivity contribution is 0.0745. The fourth-order valence-electron chi connectivity index (χ4n) is 1.60. The van der Waals surface area contributed by atoms with E-state index in [0.717, 1.165) is 0 Å². The lowest BCUT2D eigenvalue weighted by Gasteiger charge is -2.25. The standard InChI is InChI=1S/C11H13BrO4/c1-11(2,14)6-5-7-10(8(12)9(6)13)16-4-3-15-7/h5,13-14H,3-4H2,1-2H3. The fraction of sp³-hybridized carbons (Fsp3) is 0.455. The second-order valence-corrected chi connectivity index (χ2v) is 4.96. The molecule has 0 radical (unpaired) electrons. The number of benzene rings is 1. The van der Waals surface area contributed by atoms with E-state index in [1.165, 1.54) is 0 Å². The third-order valence-corrected chi connectivity index (χ3v) is 3.14. The molecular weight excluding hydrogens is 276 g/mol. The number of aromatic hydroxyl groups is 1. The summed E-state index contributed by atoms with van der Waals surface area (Å²) in [5.74, 6) is 1.00. The molecule has 2 rings (SSSR count). The molecule has 0 amide bonds. The normalized spacial score (nSPS) is 15.0. The molecule has 1 aliphatic rings. The highest BCUT2D eigenvalue weighted by molar-refractivity contribution is 9.10. The molecule has 1 aliphatic heterocycles. The lowest BCUT2D eigenvalue weighted by atomic mass is 9.96. The minimum Gasteiger partial charge on any atom is -0.506 e. The van der Waals surface area contributed by atoms with E-state index in [-0.39, 0.29) is 5.75 Å². The van der Waals surface area contributed by atoms with E-state index in [1.54, 1.807) is 19.9 Å². The largest absolute Gasteiger partial charge is 0.506 e. The Bertz CT molecular complexity index is 423. The van der Waals surface area contributed by atoms with Crippen molar-refractivity contribution in [2.45, 2.75) is 19.4 Å². The van der Waals surface area contributed by atoms with Crippen molar-refractivity contribution >= 4 is 15.9 Å². The first-order chi connectivity index (χ1) is 7.41. The van der Waals surface area contributed by atoms with Gasteiger partial charge in [-0.2, -0.15) is 0 Å². The summed E-state index contributed by atoms with van der Waals surface area (Å²) in [6.07, 6.45) is 0. The zero-order valence-corrected chi connectivity index (χ0v) is 10.7. The Morgan fingerprint density at radius 1 is 1.31 bits per heavy atom. The van der Waals surface area contributed by atoms with Crippen LogP contribution in [0.25, 0.3) is 0 Å². The maximum atomic E-state index is 9.95. The first-order valence-corrected chi connectivity index (χ1v) is 5.74. The van der Waals surface area contributed by atoms with Crippen molar-refractivity contribution in [3.05, 3.63) is 16.1 Å². The molecule has 0 saturated heterocycles. The van der Waals surface area contributed by atoms with Crippen LogP contribution in [0.4, 0.5) is 0 Å². The Balaban J connectivity index is 2.62. The molecule has 2 N–H and O–H groups in total. The van der Waals surface area contributed by atoms with Crippen molar-refractivity contribution in [1.29, 1.82) is 0 Å². The van der Waals surface area contributed by atoms with Gasteiger partial charge in [-0.15, -0.1) is 0 Å². The van der Waals surface area contributed by atoms with Gasteiger partial charge in [-0.1, -0.05) is 0 Å². The van der Waals surface area contributed by atoms with Crippen LogP contribution in [0.5, 0.6) is 17.2 Å². The van der Waals surface area contributed by atoms with E-state index < -0.39 is 5.60 Å². The maximum Gasteiger partial charge on any atom is 0.179 e. The Hall–Kier alpha value is -0.940. The molecule has 5 heteroatoms. The van der Waals surface area contributed by atoms with E-state index in [2.05, 4.69) is 15.9 Å². The Morgan fingerprint density at radius 2 is 1.94 bits per heavy atom. The Kier molecular flexibility index (Phi) is 2.75. The number of ether oxygens (including phenoxy) is 2. The number of phenolic OH excluding ortho intramolecular Hbond substituents is 1. The zero-order chi connectivity index (χ0) is 11.9. The molecule has 0 atom stereocenters. The van der Waals surface area contributed by atoms with Crippen molar-refractivity contribution < 1.29 is 19.7 Å². The van der Waals surface area contributed by atoms with E-state index in [0.29, 0.717) is 34.7 Å². The Morgan fingerprint density at radius 3 is 2.56 bits per heavy atom. The summed E-state index contributed by atoms with van der Waals surface area (Å²) in [5.41, 5.74) is -0.730. The average Bonchev–Trinajstić information content (AvgIpc) is 2.22. The maximum absolute atomic E-state index is 9.95. The molecule has 0 spiro atoms. The van der Waals surface area contributed by atoms with Gasteiger partial charge in [0.25, 0.3) is 0 Å². The second-order valence-electron chi connectivity index (χ2n) is 4.17. The summed E-state index contributed by atoms with van der Waals surface area (Å²) in [6, 6.07) is 1.61. The van der Waals surface area contributed by atoms with Crippen molar-refractivity contribution in [3.8, 4) is 17.2 Å². The SMILES string of the molecule is CC(C)(O)c1cc2c(c(Br)c1O)OCCO2. The van der Waals surface area contributed by atoms with Gasteiger partial charge in [-0.3, -0.25) is 0 Å². The average molecular weight is 289 g/mol. The lowest BCUT2D eigenvalue weighted by Crippen LogP contribution is -2.19. The number of halogens is 1. The fourth-order valence-corrected chi connectivity index (χ4v) is 2.13. The summed E-state index contributed by atoms with van der Waals surface area (Å²) in [4.78, 5) is 0. The van der Waals surface area contributed by atoms with Crippen LogP contribution in [0.2, 0.25) is 0 Å². The molecule has 88 valence electrons. The van der Waals surface area contributed by atoms with E-state index in [9.17, 15) is 10.2 Å². The molecular formula is C11H13BrO4. The third-order valence-electron chi connectivity index (χ3n) is 2.41. The van der Waals surface area contributed by atoms with Crippen molar-refractivity contribution in [2.24, 2.45) is 0 Å². The van der Waals surface area contributed by atoms with Crippen LogP contribution in [0.15, 0.2) is 10.5 Å². The van der Waals surface area contributed by atoms with E-state index in [4.69, 9.17) is 9.47 Å². The molecule has 0 bridgehead atoms. The van der Waals surface area contributed by atoms with Gasteiger partial charge >= 0.3 is 0 Å². The van der Waals surface area contributed by atoms with Gasteiger partial charge in [0.2, 0.25) is 0 Å². The predicted molar refractivity (Wildman–Crippen MR) is 62.0 cm³/mol. The summed E-state index contributed by atoms with van der Waals surface area (Å²) in [5, 5.41) is 19.9. The van der Waals surface area contributed by atoms with Crippen LogP contribution in [-0.2, 0) is 5.60 Å². The van der Waals surface area contributed by atoms with Crippen molar-refractivity contribution in [3.63, 3.8) is 0 Å². The highest BCUT2D eigenvalue weighted by Gasteiger charge is 2.28. The number of fused-ring (bicyclic) bond motifs is 1. The monoisotopic (exact) mass is 288 g/mol. The van der Waals surface area contributed by atoms with Crippen LogP contribution in [-0.4, -0.2) is 23.4 Å². The molecule has 1 aromatic rings. The van der Waals surface area contributed by atoms with E-state index in [1.807, 2.05) is 0 Å². The molecule has 0 fully saturated rings. The van der Waals surface area contributed by atoms with Gasteiger partial charge in [0.05, 0.1) is 5.60 Å². The van der Waals surface area contributed by atoms with Crippen molar-refractivity contribution in [1.82, 2.24) is 0 Å². The predicted octanol–water partition coefficient (Wildman–Crippen LogP) is 2.15. The number of rotatable bonds is 1. The molecule has 0 aliphatic carbocycles. The highest BCUT2D eigenvalue weighted by atomic mass is 79.9. The summed E-state index contributed by atoms with van der Waals surface area (Å²) in [7, 11) is 0. The minimum absolute atomic E-state index is 0.0169. The van der Waals surface area contributed by atoms with Crippen LogP contribution in [0.3, 0.4) is 0 Å². The van der Waals surface area contributed by atoms with Crippen LogP contribution < -0.4 is 9.47 Å². The van der Waals surface area contributed by atoms with Crippen LogP contribution >= 0.6 is 15.9 Å². The summed E-state index contributed by atoms with van der Waals surface area (Å²) < 4.78 is 11.2. The van der Waals surface area contributed by atoms with Gasteiger partial charge in [0.1, 0.15) is 23.4 Å². The smallest absolute Gasteiger partial charge is 0.179 e. The first kappa shape index (κ1) is 11.5. The number of phenols is 1. The number of hydrogen-bond donors (Lipinski definition) is 2. The van der Waals surface area contributed by atoms with E-state index >= 15 is 0 Å². The van der Waals surface area contributed by atoms with Crippen molar-refractivity contribution in [2.75, 3.05) is 13.2 Å². The molecule has 1 heterocycles. The van der Waals surface area contributed by atoms with Gasteiger partial charge in [0.15, 0.2) is 11.5 Å². The zero-order valence-electron chi connectivity index (χ0n) is 9.08. The molecule has 16 heavy (non-hydrogen) atoms. The summed E-state index contributed by atoms with van der Waals surface area (Å²) >= 11 is 3.24. The van der Waals surface area contributed by atoms with Gasteiger partial charge in [-0.05, 0) is 35.8 Å². The second kappa shape index (κ2) is 3.82. The quantitative estimate of drug-likeness (QED) is 0.831. The van der Waals surface area contributed by atoms with Crippen LogP contribution in [0.1, 0.15) is 19.4 Å². The molecule has 0 saturated carbocycles. The van der Waals surface area contributed by atoms with Gasteiger partial charge in [-0.25, -0.2) is 0 Å². The molecule has 0 unspecified atom stereocenters. The van der Waals surface area contributed by atoms with Crippen LogP contribution in [0, 0.1) is 0 Å². The minimum atomic E-state index is -1.14. The van der Waals surface area contributed by atoms with Gasteiger partial charge < -0.3 is 19.7 Å². The molecule has 0 aromatic heterocycles. The first-order valence-electron chi connectivity index (χ1n) is 4.95. The number of aliphatic hydroxyl groups is 1. The highest BCUT2D eigenvalue weighted by Crippen LogP contribution is 2.47. The topological polar surface area (TPSA) is 58.9 Å². The van der Waals surface area contributed by atoms with Gasteiger partial charge in [0, 0.05) is 5.56 Å². The molecule has 4 nitrogen and oxygen atoms in total. The number of hydrogen-bond acceptors (Lipinski definition) is 4. The molecule has 1 aromatic carbocycles. The summed E-state index contributed by atoms with van der Waals surface area (Å²) in [6.45, 7) is 4.12. The Labute approximate surface area is 102 Å². The third kappa shape index (κ3) is 1.85.